The zero-order valence-corrected chi connectivity index (χ0v) is 19.7. The van der Waals surface area contributed by atoms with Crippen LogP contribution in [0.5, 0.6) is 0 Å². The first-order chi connectivity index (χ1) is 17.0. The fraction of sp³-hybridized carbons (Fsp3) is 0.0385. The lowest BCUT2D eigenvalue weighted by atomic mass is 9.99. The Morgan fingerprint density at radius 1 is 1.03 bits per heavy atom. The van der Waals surface area contributed by atoms with Gasteiger partial charge in [0.15, 0.2) is 0 Å². The summed E-state index contributed by atoms with van der Waals surface area (Å²) in [6, 6.07) is 27.2. The lowest BCUT2D eigenvalue weighted by molar-refractivity contribution is -0.384. The maximum atomic E-state index is 12.6. The van der Waals surface area contributed by atoms with Crippen molar-refractivity contribution in [3.8, 4) is 28.5 Å². The van der Waals surface area contributed by atoms with Gasteiger partial charge in [0.25, 0.3) is 5.69 Å². The van der Waals surface area contributed by atoms with Crippen LogP contribution in [0.2, 0.25) is 5.02 Å². The number of rotatable bonds is 7. The van der Waals surface area contributed by atoms with Gasteiger partial charge < -0.3 is 5.32 Å². The third kappa shape index (κ3) is 5.66. The summed E-state index contributed by atoms with van der Waals surface area (Å²) in [4.78, 5) is 27.8. The van der Waals surface area contributed by atoms with Crippen molar-refractivity contribution in [3.05, 3.63) is 106 Å². The molecule has 9 heteroatoms. The van der Waals surface area contributed by atoms with Crippen LogP contribution in [0.3, 0.4) is 0 Å². The number of halogens is 1. The predicted molar refractivity (Wildman–Crippen MR) is 137 cm³/mol. The first-order valence-electron chi connectivity index (χ1n) is 10.4. The first kappa shape index (κ1) is 24.0. The second-order valence-corrected chi connectivity index (χ2v) is 8.71. The molecule has 0 unspecified atom stereocenters. The summed E-state index contributed by atoms with van der Waals surface area (Å²) in [5, 5.41) is 24.1. The standard InChI is InChI=1S/C26H17ClN4O3S/c27-22-12-11-19(13-24(22)31(33)34)29-25(32)16-35-26-21(15-28)20(17-7-3-1-4-8-17)14-23(30-26)18-9-5-2-6-10-18/h1-14H,16H2,(H,29,32). The number of aromatic nitrogens is 1. The van der Waals surface area contributed by atoms with Gasteiger partial charge in [0.2, 0.25) is 5.91 Å². The van der Waals surface area contributed by atoms with E-state index >= 15 is 0 Å². The molecule has 0 fully saturated rings. The molecule has 3 aromatic carbocycles. The van der Waals surface area contributed by atoms with Crippen molar-refractivity contribution in [1.82, 2.24) is 4.98 Å². The normalized spacial score (nSPS) is 10.4. The number of amides is 1. The quantitative estimate of drug-likeness (QED) is 0.174. The highest BCUT2D eigenvalue weighted by Crippen LogP contribution is 2.34. The molecule has 172 valence electrons. The molecule has 7 nitrogen and oxygen atoms in total. The SMILES string of the molecule is N#Cc1c(-c2ccccc2)cc(-c2ccccc2)nc1SCC(=O)Nc1ccc(Cl)c([N+](=O)[O-])c1. The third-order valence-electron chi connectivity index (χ3n) is 5.02. The smallest absolute Gasteiger partial charge is 0.289 e. The molecule has 0 aliphatic carbocycles. The minimum atomic E-state index is -0.615. The van der Waals surface area contributed by atoms with Crippen molar-refractivity contribution in [2.75, 3.05) is 11.1 Å². The number of nitrogens with one attached hydrogen (secondary N) is 1. The number of nitro benzene ring substituents is 1. The number of thioether (sulfide) groups is 1. The van der Waals surface area contributed by atoms with Crippen LogP contribution in [0.1, 0.15) is 5.56 Å². The fourth-order valence-electron chi connectivity index (χ4n) is 3.40. The van der Waals surface area contributed by atoms with Crippen LogP contribution < -0.4 is 5.32 Å². The Morgan fingerprint density at radius 2 is 1.69 bits per heavy atom. The Labute approximate surface area is 210 Å². The summed E-state index contributed by atoms with van der Waals surface area (Å²) >= 11 is 6.96. The molecule has 0 saturated heterocycles. The van der Waals surface area contributed by atoms with Crippen LogP contribution in [0.4, 0.5) is 11.4 Å². The number of benzene rings is 3. The van der Waals surface area contributed by atoms with Gasteiger partial charge in [0.05, 0.1) is 21.9 Å². The van der Waals surface area contributed by atoms with E-state index in [2.05, 4.69) is 16.4 Å². The molecule has 4 aromatic rings. The molecule has 0 radical (unpaired) electrons. The van der Waals surface area contributed by atoms with Crippen LogP contribution in [0.25, 0.3) is 22.4 Å². The molecule has 0 aliphatic heterocycles. The number of carbonyl (C=O) groups is 1. The van der Waals surface area contributed by atoms with E-state index in [1.807, 2.05) is 66.7 Å². The Morgan fingerprint density at radius 3 is 2.31 bits per heavy atom. The van der Waals surface area contributed by atoms with Crippen molar-refractivity contribution in [2.45, 2.75) is 5.03 Å². The van der Waals surface area contributed by atoms with Crippen molar-refractivity contribution in [1.29, 1.82) is 5.26 Å². The third-order valence-corrected chi connectivity index (χ3v) is 6.31. The van der Waals surface area contributed by atoms with Gasteiger partial charge in [-0.1, -0.05) is 84.0 Å². The highest BCUT2D eigenvalue weighted by Gasteiger charge is 2.18. The van der Waals surface area contributed by atoms with Crippen LogP contribution in [-0.4, -0.2) is 21.6 Å². The number of nitriles is 1. The minimum absolute atomic E-state index is 0.0172. The minimum Gasteiger partial charge on any atom is -0.325 e. The fourth-order valence-corrected chi connectivity index (χ4v) is 4.39. The molecule has 1 N–H and O–H groups in total. The highest BCUT2D eigenvalue weighted by atomic mass is 35.5. The van der Waals surface area contributed by atoms with Gasteiger partial charge in [-0.2, -0.15) is 5.26 Å². The van der Waals surface area contributed by atoms with Gasteiger partial charge >= 0.3 is 0 Å². The van der Waals surface area contributed by atoms with E-state index in [9.17, 15) is 20.2 Å². The lowest BCUT2D eigenvalue weighted by Gasteiger charge is -2.13. The van der Waals surface area contributed by atoms with E-state index in [0.717, 1.165) is 28.5 Å². The Hall–Kier alpha value is -4.19. The van der Waals surface area contributed by atoms with Gasteiger partial charge in [0, 0.05) is 22.9 Å². The molecule has 0 aliphatic rings. The molecule has 0 atom stereocenters. The van der Waals surface area contributed by atoms with Gasteiger partial charge in [-0.05, 0) is 23.8 Å². The van der Waals surface area contributed by atoms with Gasteiger partial charge in [0.1, 0.15) is 16.1 Å². The molecular formula is C26H17ClN4O3S. The van der Waals surface area contributed by atoms with Crippen molar-refractivity contribution < 1.29 is 9.72 Å². The summed E-state index contributed by atoms with van der Waals surface area (Å²) in [6.45, 7) is 0. The van der Waals surface area contributed by atoms with Crippen molar-refractivity contribution in [3.63, 3.8) is 0 Å². The number of anilines is 1. The molecule has 35 heavy (non-hydrogen) atoms. The molecular weight excluding hydrogens is 484 g/mol. The maximum absolute atomic E-state index is 12.6. The second kappa shape index (κ2) is 10.8. The lowest BCUT2D eigenvalue weighted by Crippen LogP contribution is -2.14. The van der Waals surface area contributed by atoms with Gasteiger partial charge in [-0.3, -0.25) is 14.9 Å². The predicted octanol–water partition coefficient (Wildman–Crippen LogP) is 6.58. The number of nitro groups is 1. The van der Waals surface area contributed by atoms with Gasteiger partial charge in [-0.25, -0.2) is 4.98 Å². The summed E-state index contributed by atoms with van der Waals surface area (Å²) in [7, 11) is 0. The Kier molecular flexibility index (Phi) is 7.41. The largest absolute Gasteiger partial charge is 0.325 e. The van der Waals surface area contributed by atoms with Crippen LogP contribution in [0.15, 0.2) is 90.0 Å². The van der Waals surface area contributed by atoms with E-state index in [1.165, 1.54) is 18.2 Å². The zero-order chi connectivity index (χ0) is 24.8. The summed E-state index contributed by atoms with van der Waals surface area (Å²) < 4.78 is 0. The topological polar surface area (TPSA) is 109 Å². The zero-order valence-electron chi connectivity index (χ0n) is 18.1. The number of hydrogen-bond donors (Lipinski definition) is 1. The van der Waals surface area contributed by atoms with Crippen LogP contribution >= 0.6 is 23.4 Å². The number of hydrogen-bond acceptors (Lipinski definition) is 6. The molecule has 4 rings (SSSR count). The molecule has 0 saturated carbocycles. The Bertz CT molecular complexity index is 1440. The number of pyridine rings is 1. The molecule has 1 aromatic heterocycles. The number of carbonyl (C=O) groups excluding carboxylic acids is 1. The average molecular weight is 501 g/mol. The highest BCUT2D eigenvalue weighted by molar-refractivity contribution is 8.00. The van der Waals surface area contributed by atoms with Crippen LogP contribution in [-0.2, 0) is 4.79 Å². The molecule has 1 heterocycles. The van der Waals surface area contributed by atoms with Gasteiger partial charge in [-0.15, -0.1) is 0 Å². The summed E-state index contributed by atoms with van der Waals surface area (Å²) in [5.74, 6) is -0.450. The van der Waals surface area contributed by atoms with E-state index in [0.29, 0.717) is 16.3 Å². The van der Waals surface area contributed by atoms with Crippen LogP contribution in [0, 0.1) is 21.4 Å². The maximum Gasteiger partial charge on any atom is 0.289 e. The molecule has 0 bridgehead atoms. The average Bonchev–Trinajstić information content (AvgIpc) is 2.89. The monoisotopic (exact) mass is 500 g/mol. The van der Waals surface area contributed by atoms with E-state index in [-0.39, 0.29) is 22.2 Å². The molecule has 0 spiro atoms. The van der Waals surface area contributed by atoms with Crippen molar-refractivity contribution in [2.24, 2.45) is 0 Å². The van der Waals surface area contributed by atoms with E-state index < -0.39 is 10.8 Å². The molecule has 1 amide bonds. The van der Waals surface area contributed by atoms with E-state index in [1.54, 1.807) is 0 Å². The Balaban J connectivity index is 1.64. The van der Waals surface area contributed by atoms with Crippen molar-refractivity contribution >= 4 is 40.6 Å². The summed E-state index contributed by atoms with van der Waals surface area (Å²) in [5.41, 5.74) is 3.47. The summed E-state index contributed by atoms with van der Waals surface area (Å²) in [6.07, 6.45) is 0. The number of nitrogens with zero attached hydrogens (tertiary/aromatic N) is 3. The van der Waals surface area contributed by atoms with E-state index in [4.69, 9.17) is 11.6 Å². The first-order valence-corrected chi connectivity index (χ1v) is 11.7. The second-order valence-electron chi connectivity index (χ2n) is 7.34.